The third-order valence-corrected chi connectivity index (χ3v) is 11.8. The molecule has 4 aromatic heterocycles. The van der Waals surface area contributed by atoms with Crippen LogP contribution in [0.4, 0.5) is 0 Å². The van der Waals surface area contributed by atoms with Crippen LogP contribution >= 0.6 is 11.3 Å². The van der Waals surface area contributed by atoms with Gasteiger partial charge in [0.1, 0.15) is 0 Å². The van der Waals surface area contributed by atoms with Gasteiger partial charge >= 0.3 is 0 Å². The van der Waals surface area contributed by atoms with Gasteiger partial charge in [-0.15, -0.1) is 11.3 Å². The molecule has 7 aromatic carbocycles. The van der Waals surface area contributed by atoms with Crippen molar-refractivity contribution in [3.63, 3.8) is 0 Å². The van der Waals surface area contributed by atoms with Crippen molar-refractivity contribution >= 4 is 64.2 Å². The Morgan fingerprint density at radius 1 is 0.389 bits per heavy atom. The van der Waals surface area contributed by atoms with Gasteiger partial charge in [0.2, 0.25) is 0 Å². The quantitative estimate of drug-likeness (QED) is 0.178. The Morgan fingerprint density at radius 3 is 1.63 bits per heavy atom. The minimum atomic E-state index is 0.937. The first kappa shape index (κ1) is 30.7. The van der Waals surface area contributed by atoms with E-state index in [9.17, 15) is 0 Å². The Bertz CT molecular complexity index is 3140. The first-order chi connectivity index (χ1) is 26.8. The number of rotatable bonds is 5. The van der Waals surface area contributed by atoms with E-state index in [0.717, 1.165) is 56.1 Å². The molecule has 0 saturated heterocycles. The lowest BCUT2D eigenvalue weighted by Gasteiger charge is -2.13. The Hall–Kier alpha value is -6.88. The molecule has 0 fully saturated rings. The average molecular weight is 706 g/mol. The van der Waals surface area contributed by atoms with Crippen LogP contribution in [0.5, 0.6) is 0 Å². The fourth-order valence-electron chi connectivity index (χ4n) is 8.03. The number of thiophene rings is 1. The number of benzene rings is 7. The highest BCUT2D eigenvalue weighted by Crippen LogP contribution is 2.43. The fourth-order valence-corrected chi connectivity index (χ4v) is 9.26. The molecule has 0 aliphatic carbocycles. The zero-order valence-corrected chi connectivity index (χ0v) is 30.0. The maximum atomic E-state index is 5.24. The molecule has 0 radical (unpaired) electrons. The molecule has 3 nitrogen and oxygen atoms in total. The second-order valence-corrected chi connectivity index (χ2v) is 14.8. The summed E-state index contributed by atoms with van der Waals surface area (Å²) < 4.78 is 4.86. The van der Waals surface area contributed by atoms with E-state index in [1.165, 1.54) is 47.4 Å². The zero-order chi connectivity index (χ0) is 35.6. The summed E-state index contributed by atoms with van der Waals surface area (Å²) in [6, 6.07) is 67.1. The minimum absolute atomic E-state index is 0.937. The lowest BCUT2D eigenvalue weighted by Crippen LogP contribution is -1.95. The van der Waals surface area contributed by atoms with Crippen molar-refractivity contribution in [3.8, 4) is 50.6 Å². The van der Waals surface area contributed by atoms with Crippen LogP contribution in [-0.2, 0) is 0 Å². The normalized spacial score (nSPS) is 11.7. The standard InChI is InChI=1S/C50H31N3S/c1-2-12-33(13-3-1)43-30-36(31-44(51-43)34-26-28-37(29-27-34)53-45-19-9-5-14-38(45)39-15-6-10-20-46(39)53)32-22-24-35(25-23-32)49-50-48(40-16-4-8-18-42(40)52-49)41-17-7-11-21-47(41)54-50/h1-31H. The van der Waals surface area contributed by atoms with E-state index in [4.69, 9.17) is 9.97 Å². The predicted octanol–water partition coefficient (Wildman–Crippen LogP) is 13.8. The molecule has 0 amide bonds. The van der Waals surface area contributed by atoms with Gasteiger partial charge in [0, 0.05) is 54.0 Å². The smallest absolute Gasteiger partial charge is 0.0888 e. The summed E-state index contributed by atoms with van der Waals surface area (Å²) in [4.78, 5) is 10.5. The molecule has 0 N–H and O–H groups in total. The maximum absolute atomic E-state index is 5.24. The summed E-state index contributed by atoms with van der Waals surface area (Å²) in [5.74, 6) is 0. The number of nitrogens with zero attached hydrogens (tertiary/aromatic N) is 3. The third kappa shape index (κ3) is 4.96. The molecule has 0 bridgehead atoms. The van der Waals surface area contributed by atoms with Crippen molar-refractivity contribution in [1.29, 1.82) is 0 Å². The molecule has 11 rings (SSSR count). The highest BCUT2D eigenvalue weighted by Gasteiger charge is 2.17. The minimum Gasteiger partial charge on any atom is -0.309 e. The van der Waals surface area contributed by atoms with Gasteiger partial charge in [-0.25, -0.2) is 9.97 Å². The zero-order valence-electron chi connectivity index (χ0n) is 29.1. The number of para-hydroxylation sites is 3. The first-order valence-electron chi connectivity index (χ1n) is 18.2. The highest BCUT2D eigenvalue weighted by atomic mass is 32.1. The second-order valence-electron chi connectivity index (χ2n) is 13.8. The Kier molecular flexibility index (Phi) is 7.04. The molecule has 252 valence electrons. The van der Waals surface area contributed by atoms with E-state index < -0.39 is 0 Å². The van der Waals surface area contributed by atoms with Gasteiger partial charge in [-0.05, 0) is 59.7 Å². The second kappa shape index (κ2) is 12.4. The van der Waals surface area contributed by atoms with Crippen LogP contribution in [0, 0.1) is 0 Å². The van der Waals surface area contributed by atoms with E-state index in [1.807, 2.05) is 11.3 Å². The number of fused-ring (bicyclic) bond motifs is 8. The summed E-state index contributed by atoms with van der Waals surface area (Å²) in [6.45, 7) is 0. The van der Waals surface area contributed by atoms with Crippen LogP contribution in [0.3, 0.4) is 0 Å². The predicted molar refractivity (Wildman–Crippen MR) is 229 cm³/mol. The summed E-state index contributed by atoms with van der Waals surface area (Å²) in [6.07, 6.45) is 0. The van der Waals surface area contributed by atoms with Crippen molar-refractivity contribution in [3.05, 3.63) is 188 Å². The van der Waals surface area contributed by atoms with Crippen LogP contribution in [0.15, 0.2) is 188 Å². The van der Waals surface area contributed by atoms with E-state index in [1.54, 1.807) is 0 Å². The Balaban J connectivity index is 1.02. The van der Waals surface area contributed by atoms with Gasteiger partial charge in [0.15, 0.2) is 0 Å². The van der Waals surface area contributed by atoms with Crippen LogP contribution in [-0.4, -0.2) is 14.5 Å². The average Bonchev–Trinajstić information content (AvgIpc) is 3.81. The van der Waals surface area contributed by atoms with Gasteiger partial charge in [-0.2, -0.15) is 0 Å². The summed E-state index contributed by atoms with van der Waals surface area (Å²) in [7, 11) is 0. The van der Waals surface area contributed by atoms with Crippen LogP contribution in [0.1, 0.15) is 0 Å². The molecule has 11 aromatic rings. The number of hydrogen-bond acceptors (Lipinski definition) is 3. The van der Waals surface area contributed by atoms with Gasteiger partial charge in [-0.1, -0.05) is 140 Å². The van der Waals surface area contributed by atoms with Crippen LogP contribution < -0.4 is 0 Å². The molecule has 54 heavy (non-hydrogen) atoms. The fraction of sp³-hybridized carbons (Fsp3) is 0. The van der Waals surface area contributed by atoms with E-state index in [0.29, 0.717) is 0 Å². The molecule has 0 aliphatic heterocycles. The summed E-state index contributed by atoms with van der Waals surface area (Å²) in [5, 5.41) is 6.29. The third-order valence-electron chi connectivity index (χ3n) is 10.6. The van der Waals surface area contributed by atoms with Crippen LogP contribution in [0.25, 0.3) is 103 Å². The molecule has 4 heterocycles. The van der Waals surface area contributed by atoms with Gasteiger partial charge in [0.05, 0.1) is 38.3 Å². The molecule has 0 saturated carbocycles. The monoisotopic (exact) mass is 705 g/mol. The highest BCUT2D eigenvalue weighted by molar-refractivity contribution is 7.26. The SMILES string of the molecule is c1ccc(-c2cc(-c3ccc(-c4nc5ccccc5c5c4sc4ccccc45)cc3)cc(-c3ccc(-n4c5ccccc5c5ccccc54)cc3)n2)cc1. The topological polar surface area (TPSA) is 30.7 Å². The van der Waals surface area contributed by atoms with Crippen molar-refractivity contribution in [2.45, 2.75) is 0 Å². The van der Waals surface area contributed by atoms with Crippen molar-refractivity contribution in [2.75, 3.05) is 0 Å². The number of pyridine rings is 2. The lowest BCUT2D eigenvalue weighted by molar-refractivity contribution is 1.18. The van der Waals surface area contributed by atoms with Crippen molar-refractivity contribution in [2.24, 2.45) is 0 Å². The number of hydrogen-bond donors (Lipinski definition) is 0. The number of aromatic nitrogens is 3. The van der Waals surface area contributed by atoms with Gasteiger partial charge in [0.25, 0.3) is 0 Å². The van der Waals surface area contributed by atoms with E-state index >= 15 is 0 Å². The van der Waals surface area contributed by atoms with Crippen molar-refractivity contribution in [1.82, 2.24) is 14.5 Å². The molecule has 0 spiro atoms. The Morgan fingerprint density at radius 2 is 0.926 bits per heavy atom. The largest absolute Gasteiger partial charge is 0.309 e. The molecular weight excluding hydrogens is 675 g/mol. The van der Waals surface area contributed by atoms with E-state index in [2.05, 4.69) is 193 Å². The summed E-state index contributed by atoms with van der Waals surface area (Å²) >= 11 is 1.83. The van der Waals surface area contributed by atoms with Gasteiger partial charge < -0.3 is 4.57 Å². The molecular formula is C50H31N3S. The van der Waals surface area contributed by atoms with Gasteiger partial charge in [-0.3, -0.25) is 0 Å². The van der Waals surface area contributed by atoms with E-state index in [-0.39, 0.29) is 0 Å². The maximum Gasteiger partial charge on any atom is 0.0888 e. The molecule has 4 heteroatoms. The molecule has 0 aliphatic rings. The molecule has 0 unspecified atom stereocenters. The lowest BCUT2D eigenvalue weighted by atomic mass is 9.98. The Labute approximate surface area is 316 Å². The first-order valence-corrected chi connectivity index (χ1v) is 19.1. The summed E-state index contributed by atoms with van der Waals surface area (Å²) in [5.41, 5.74) is 13.0. The molecule has 0 atom stereocenters. The van der Waals surface area contributed by atoms with Crippen LogP contribution in [0.2, 0.25) is 0 Å². The van der Waals surface area contributed by atoms with Crippen molar-refractivity contribution < 1.29 is 0 Å².